The first-order valence-corrected chi connectivity index (χ1v) is 7.55. The lowest BCUT2D eigenvalue weighted by Crippen LogP contribution is -2.42. The average Bonchev–Trinajstić information content (AvgIpc) is 2.60. The number of rotatable bonds is 7. The van der Waals surface area contributed by atoms with Gasteiger partial charge in [0.05, 0.1) is 0 Å². The predicted octanol–water partition coefficient (Wildman–Crippen LogP) is 1.71. The minimum atomic E-state index is -1.25. The lowest BCUT2D eigenvalue weighted by atomic mass is 10.00. The van der Waals surface area contributed by atoms with Crippen molar-refractivity contribution < 1.29 is 24.2 Å². The van der Waals surface area contributed by atoms with Crippen molar-refractivity contribution in [2.45, 2.75) is 19.1 Å². The largest absolute Gasteiger partial charge is 0.480 e. The molecule has 0 saturated heterocycles. The number of alkyl carbamates (subject to hydrolysis) is 1. The molecule has 1 atom stereocenters. The van der Waals surface area contributed by atoms with Crippen molar-refractivity contribution in [1.82, 2.24) is 5.32 Å². The van der Waals surface area contributed by atoms with Crippen molar-refractivity contribution in [2.75, 3.05) is 0 Å². The molecule has 4 N–H and O–H groups in total. The number of amides is 2. The Labute approximate surface area is 144 Å². The number of hydrogen-bond donors (Lipinski definition) is 3. The fourth-order valence-corrected chi connectivity index (χ4v) is 2.27. The van der Waals surface area contributed by atoms with Crippen LogP contribution in [0.15, 0.2) is 54.6 Å². The molecule has 25 heavy (non-hydrogen) atoms. The summed E-state index contributed by atoms with van der Waals surface area (Å²) in [5.74, 6) is -1.90. The Morgan fingerprint density at radius 3 is 2.32 bits per heavy atom. The smallest absolute Gasteiger partial charge is 0.408 e. The first kappa shape index (κ1) is 18.0. The molecule has 2 amide bonds. The summed E-state index contributed by atoms with van der Waals surface area (Å²) < 4.78 is 5.02. The molecule has 2 aromatic carbocycles. The molecule has 0 heterocycles. The molecule has 0 saturated carbocycles. The summed E-state index contributed by atoms with van der Waals surface area (Å²) >= 11 is 0. The van der Waals surface area contributed by atoms with Crippen LogP contribution in [-0.2, 0) is 22.6 Å². The number of ether oxygens (including phenoxy) is 1. The quantitative estimate of drug-likeness (QED) is 0.708. The van der Waals surface area contributed by atoms with E-state index in [0.29, 0.717) is 5.56 Å². The number of carboxylic acids is 1. The normalized spacial score (nSPS) is 11.4. The van der Waals surface area contributed by atoms with E-state index in [9.17, 15) is 19.5 Å². The van der Waals surface area contributed by atoms with Crippen molar-refractivity contribution >= 4 is 18.0 Å². The van der Waals surface area contributed by atoms with Crippen LogP contribution in [0.5, 0.6) is 0 Å². The third-order valence-corrected chi connectivity index (χ3v) is 3.51. The van der Waals surface area contributed by atoms with E-state index in [1.165, 1.54) is 6.07 Å². The first-order chi connectivity index (χ1) is 12.0. The fraction of sp³-hybridized carbons (Fsp3) is 0.167. The second kappa shape index (κ2) is 8.49. The maximum absolute atomic E-state index is 11.9. The Bertz CT molecular complexity index is 761. The summed E-state index contributed by atoms with van der Waals surface area (Å²) in [4.78, 5) is 34.7. The summed E-state index contributed by atoms with van der Waals surface area (Å²) in [5.41, 5.74) is 6.71. The van der Waals surface area contributed by atoms with Gasteiger partial charge in [0.2, 0.25) is 5.91 Å². The summed E-state index contributed by atoms with van der Waals surface area (Å²) in [5, 5.41) is 11.6. The zero-order chi connectivity index (χ0) is 18.2. The molecule has 0 spiro atoms. The third kappa shape index (κ3) is 5.35. The number of benzene rings is 2. The van der Waals surface area contributed by atoms with Crippen LogP contribution in [0.2, 0.25) is 0 Å². The summed E-state index contributed by atoms with van der Waals surface area (Å²) in [7, 11) is 0. The molecule has 0 fully saturated rings. The third-order valence-electron chi connectivity index (χ3n) is 3.51. The van der Waals surface area contributed by atoms with Gasteiger partial charge in [0.15, 0.2) is 0 Å². The van der Waals surface area contributed by atoms with Crippen LogP contribution >= 0.6 is 0 Å². The van der Waals surface area contributed by atoms with Crippen LogP contribution in [0.3, 0.4) is 0 Å². The molecular formula is C18H18N2O5. The number of primary amides is 1. The molecule has 7 heteroatoms. The predicted molar refractivity (Wildman–Crippen MR) is 89.9 cm³/mol. The molecule has 0 aromatic heterocycles. The van der Waals surface area contributed by atoms with Crippen LogP contribution in [0.4, 0.5) is 4.79 Å². The second-order valence-electron chi connectivity index (χ2n) is 5.32. The molecule has 0 aliphatic carbocycles. The maximum atomic E-state index is 11.9. The molecule has 2 rings (SSSR count). The monoisotopic (exact) mass is 342 g/mol. The number of hydrogen-bond acceptors (Lipinski definition) is 4. The molecule has 0 aliphatic rings. The Balaban J connectivity index is 2.00. The number of nitrogens with one attached hydrogen (secondary N) is 1. The van der Waals surface area contributed by atoms with Crippen molar-refractivity contribution in [3.8, 4) is 0 Å². The SMILES string of the molecule is NC(=O)c1ccccc1CC(NC(=O)OCc1ccccc1)C(=O)O. The number of carbonyl (C=O) groups excluding carboxylic acids is 2. The van der Waals surface area contributed by atoms with Crippen LogP contribution in [0, 0.1) is 0 Å². The van der Waals surface area contributed by atoms with E-state index in [4.69, 9.17) is 10.5 Å². The van der Waals surface area contributed by atoms with Gasteiger partial charge in [-0.05, 0) is 17.2 Å². The molecule has 2 aromatic rings. The van der Waals surface area contributed by atoms with E-state index in [0.717, 1.165) is 5.56 Å². The molecule has 1 unspecified atom stereocenters. The van der Waals surface area contributed by atoms with E-state index < -0.39 is 24.0 Å². The van der Waals surface area contributed by atoms with Gasteiger partial charge in [-0.2, -0.15) is 0 Å². The Morgan fingerprint density at radius 1 is 1.04 bits per heavy atom. The molecular weight excluding hydrogens is 324 g/mol. The minimum absolute atomic E-state index is 0.0247. The van der Waals surface area contributed by atoms with Gasteiger partial charge < -0.3 is 20.9 Å². The highest BCUT2D eigenvalue weighted by Crippen LogP contribution is 2.11. The van der Waals surface area contributed by atoms with E-state index in [1.54, 1.807) is 42.5 Å². The summed E-state index contributed by atoms with van der Waals surface area (Å²) in [6, 6.07) is 14.1. The zero-order valence-electron chi connectivity index (χ0n) is 13.3. The Hall–Kier alpha value is -3.35. The lowest BCUT2D eigenvalue weighted by Gasteiger charge is -2.16. The lowest BCUT2D eigenvalue weighted by molar-refractivity contribution is -0.139. The van der Waals surface area contributed by atoms with E-state index in [2.05, 4.69) is 5.32 Å². The van der Waals surface area contributed by atoms with Crippen molar-refractivity contribution in [1.29, 1.82) is 0 Å². The van der Waals surface area contributed by atoms with Crippen molar-refractivity contribution in [3.63, 3.8) is 0 Å². The molecule has 130 valence electrons. The van der Waals surface area contributed by atoms with Gasteiger partial charge in [0, 0.05) is 12.0 Å². The van der Waals surface area contributed by atoms with Crippen molar-refractivity contribution in [3.05, 3.63) is 71.3 Å². The summed E-state index contributed by atoms with van der Waals surface area (Å²) in [6.07, 6.45) is -0.942. The van der Waals surface area contributed by atoms with Crippen LogP contribution < -0.4 is 11.1 Å². The van der Waals surface area contributed by atoms with E-state index in [1.807, 2.05) is 6.07 Å². The van der Waals surface area contributed by atoms with Gasteiger partial charge in [0.25, 0.3) is 0 Å². The zero-order valence-corrected chi connectivity index (χ0v) is 13.3. The number of nitrogens with two attached hydrogens (primary N) is 1. The molecule has 7 nitrogen and oxygen atoms in total. The first-order valence-electron chi connectivity index (χ1n) is 7.55. The highest BCUT2D eigenvalue weighted by atomic mass is 16.5. The average molecular weight is 342 g/mol. The maximum Gasteiger partial charge on any atom is 0.408 e. The van der Waals surface area contributed by atoms with Gasteiger partial charge in [-0.15, -0.1) is 0 Å². The van der Waals surface area contributed by atoms with Gasteiger partial charge in [0.1, 0.15) is 12.6 Å². The van der Waals surface area contributed by atoms with Gasteiger partial charge in [-0.25, -0.2) is 9.59 Å². The van der Waals surface area contributed by atoms with Crippen LogP contribution in [0.25, 0.3) is 0 Å². The Morgan fingerprint density at radius 2 is 1.68 bits per heavy atom. The van der Waals surface area contributed by atoms with Crippen molar-refractivity contribution in [2.24, 2.45) is 5.73 Å². The highest BCUT2D eigenvalue weighted by molar-refractivity contribution is 5.94. The highest BCUT2D eigenvalue weighted by Gasteiger charge is 2.23. The molecule has 0 bridgehead atoms. The number of aliphatic carboxylic acids is 1. The number of carbonyl (C=O) groups is 3. The second-order valence-corrected chi connectivity index (χ2v) is 5.32. The molecule has 0 aliphatic heterocycles. The summed E-state index contributed by atoms with van der Waals surface area (Å²) in [6.45, 7) is 0.0247. The van der Waals surface area contributed by atoms with Crippen LogP contribution in [-0.4, -0.2) is 29.1 Å². The van der Waals surface area contributed by atoms with Gasteiger partial charge >= 0.3 is 12.1 Å². The fourth-order valence-electron chi connectivity index (χ4n) is 2.27. The number of carboxylic acid groups (broad SMARTS) is 1. The van der Waals surface area contributed by atoms with Gasteiger partial charge in [-0.3, -0.25) is 4.79 Å². The minimum Gasteiger partial charge on any atom is -0.480 e. The van der Waals surface area contributed by atoms with Gasteiger partial charge in [-0.1, -0.05) is 48.5 Å². The molecule has 0 radical (unpaired) electrons. The van der Waals surface area contributed by atoms with E-state index >= 15 is 0 Å². The van der Waals surface area contributed by atoms with E-state index in [-0.39, 0.29) is 18.6 Å². The topological polar surface area (TPSA) is 119 Å². The standard InChI is InChI=1S/C18H18N2O5/c19-16(21)14-9-5-4-8-13(14)10-15(17(22)23)20-18(24)25-11-12-6-2-1-3-7-12/h1-9,15H,10-11H2,(H2,19,21)(H,20,24)(H,22,23). The van der Waals surface area contributed by atoms with Crippen LogP contribution in [0.1, 0.15) is 21.5 Å². The Kier molecular flexibility index (Phi) is 6.11.